The van der Waals surface area contributed by atoms with Gasteiger partial charge in [-0.15, -0.1) is 0 Å². The van der Waals surface area contributed by atoms with Crippen LogP contribution in [-0.4, -0.2) is 65.9 Å². The van der Waals surface area contributed by atoms with Gasteiger partial charge in [-0.25, -0.2) is 0 Å². The summed E-state index contributed by atoms with van der Waals surface area (Å²) < 4.78 is 0. The summed E-state index contributed by atoms with van der Waals surface area (Å²) in [6.45, 7) is 10.1. The smallest absolute Gasteiger partial charge is 0.229 e. The standard InChI is InChI=1S/C54H48N6O10/c1-25(2)39-45-43(37(49(65)53(39)69)23-55-29-11-7-15-33(61)19-29)51(67)41(27(5)47(45)59-57-31-13-9-17-35(63)21-31)42-28(6)48(60-58-32-14-10-18-36(64)22-32)46-40(26(3)4)54(70)50(66)38(44(46)52(42)68)24-56-30-12-8-16-34(62)20-30/h7-26,47-48,55-56,61-64,69-70H,1-6H3/b37-23-,38-24-,59-57?,60-58?. The molecule has 354 valence electrons. The third-order valence-electron chi connectivity index (χ3n) is 12.3. The SMILES string of the molecule is CC1=C(C2=C(C)C(N=Nc3cccc(O)c3)C3=C(C2=O)/C(=C/Nc2cccc(O)c2)C(=O)C(O)=C3C(C)C)C(=O)C2=C(C(C(C)C)=C(O)C(=O)/C2=C\Nc2cccc(O)c2)C1N=Nc1cccc(O)c1. The van der Waals surface area contributed by atoms with Crippen molar-refractivity contribution in [3.8, 4) is 23.0 Å². The predicted molar refractivity (Wildman–Crippen MR) is 261 cm³/mol. The van der Waals surface area contributed by atoms with E-state index in [1.54, 1.807) is 90.1 Å². The van der Waals surface area contributed by atoms with Crippen LogP contribution in [0.15, 0.2) is 208 Å². The molecule has 8 rings (SSSR count). The zero-order valence-corrected chi connectivity index (χ0v) is 38.8. The third kappa shape index (κ3) is 8.73. The Bertz CT molecular complexity index is 3070. The van der Waals surface area contributed by atoms with Gasteiger partial charge in [-0.1, -0.05) is 52.0 Å². The van der Waals surface area contributed by atoms with Crippen LogP contribution in [0.3, 0.4) is 0 Å². The molecule has 0 fully saturated rings. The molecular weight excluding hydrogens is 893 g/mol. The molecule has 4 aliphatic rings. The number of nitrogens with one attached hydrogen (secondary N) is 2. The number of azo groups is 2. The van der Waals surface area contributed by atoms with E-state index in [-0.39, 0.29) is 101 Å². The van der Waals surface area contributed by atoms with Crippen molar-refractivity contribution in [3.05, 3.63) is 188 Å². The van der Waals surface area contributed by atoms with E-state index in [2.05, 4.69) is 20.9 Å². The van der Waals surface area contributed by atoms with Crippen LogP contribution in [0.1, 0.15) is 41.5 Å². The van der Waals surface area contributed by atoms with E-state index in [0.717, 1.165) is 0 Å². The first kappa shape index (κ1) is 47.6. The maximum atomic E-state index is 15.9. The Kier molecular flexibility index (Phi) is 12.9. The Morgan fingerprint density at radius 3 is 1.14 bits per heavy atom. The summed E-state index contributed by atoms with van der Waals surface area (Å²) in [5.74, 6) is -6.31. The number of hydrogen-bond acceptors (Lipinski definition) is 16. The molecule has 0 amide bonds. The van der Waals surface area contributed by atoms with Gasteiger partial charge in [0.2, 0.25) is 11.6 Å². The van der Waals surface area contributed by atoms with Crippen molar-refractivity contribution < 1.29 is 49.8 Å². The van der Waals surface area contributed by atoms with Crippen LogP contribution < -0.4 is 10.6 Å². The monoisotopic (exact) mass is 940 g/mol. The largest absolute Gasteiger partial charge is 0.508 e. The van der Waals surface area contributed by atoms with Crippen molar-refractivity contribution >= 4 is 45.9 Å². The van der Waals surface area contributed by atoms with E-state index in [1.165, 1.54) is 60.9 Å². The molecule has 16 nitrogen and oxygen atoms in total. The number of hydrogen-bond donors (Lipinski definition) is 8. The van der Waals surface area contributed by atoms with Gasteiger partial charge in [-0.05, 0) is 85.4 Å². The number of anilines is 2. The van der Waals surface area contributed by atoms with Gasteiger partial charge in [0, 0.05) is 92.6 Å². The molecule has 0 spiro atoms. The highest BCUT2D eigenvalue weighted by Gasteiger charge is 2.50. The number of aliphatic hydroxyl groups excluding tert-OH is 2. The van der Waals surface area contributed by atoms with Gasteiger partial charge < -0.3 is 41.3 Å². The average molecular weight is 941 g/mol. The van der Waals surface area contributed by atoms with Crippen LogP contribution in [0, 0.1) is 11.8 Å². The van der Waals surface area contributed by atoms with Crippen molar-refractivity contribution in [2.24, 2.45) is 32.3 Å². The number of phenolic OH excluding ortho intramolecular Hbond substituents is 4. The molecule has 2 unspecified atom stereocenters. The van der Waals surface area contributed by atoms with Crippen molar-refractivity contribution in [2.75, 3.05) is 10.6 Å². The summed E-state index contributed by atoms with van der Waals surface area (Å²) in [6, 6.07) is 21.3. The Hall–Kier alpha value is -8.92. The average Bonchev–Trinajstić information content (AvgIpc) is 3.30. The van der Waals surface area contributed by atoms with Crippen LogP contribution in [0.5, 0.6) is 23.0 Å². The second-order valence-corrected chi connectivity index (χ2v) is 17.6. The van der Waals surface area contributed by atoms with Crippen molar-refractivity contribution in [1.82, 2.24) is 0 Å². The zero-order chi connectivity index (χ0) is 50.3. The lowest BCUT2D eigenvalue weighted by molar-refractivity contribution is -0.117. The highest BCUT2D eigenvalue weighted by molar-refractivity contribution is 6.34. The molecule has 2 atom stereocenters. The fourth-order valence-corrected chi connectivity index (χ4v) is 9.13. The van der Waals surface area contributed by atoms with E-state index in [9.17, 15) is 40.2 Å². The predicted octanol–water partition coefficient (Wildman–Crippen LogP) is 10.6. The molecule has 4 aliphatic carbocycles. The maximum absolute atomic E-state index is 15.9. The Labute approximate surface area is 401 Å². The van der Waals surface area contributed by atoms with E-state index in [4.69, 9.17) is 10.2 Å². The number of benzene rings is 4. The molecule has 0 aliphatic heterocycles. The van der Waals surface area contributed by atoms with E-state index >= 15 is 9.59 Å². The normalized spacial score (nSPS) is 20.2. The highest BCUT2D eigenvalue weighted by Crippen LogP contribution is 2.51. The molecule has 0 heterocycles. The number of allylic oxidation sites excluding steroid dienone is 6. The highest BCUT2D eigenvalue weighted by atomic mass is 16.3. The minimum atomic E-state index is -1.27. The second-order valence-electron chi connectivity index (χ2n) is 17.6. The van der Waals surface area contributed by atoms with Crippen molar-refractivity contribution in [2.45, 2.75) is 53.6 Å². The molecule has 70 heavy (non-hydrogen) atoms. The fourth-order valence-electron chi connectivity index (χ4n) is 9.13. The van der Waals surface area contributed by atoms with Crippen molar-refractivity contribution in [3.63, 3.8) is 0 Å². The van der Waals surface area contributed by atoms with Crippen LogP contribution in [0.25, 0.3) is 0 Å². The number of phenols is 4. The molecule has 16 heteroatoms. The van der Waals surface area contributed by atoms with Gasteiger partial charge in [0.25, 0.3) is 0 Å². The van der Waals surface area contributed by atoms with E-state index in [0.29, 0.717) is 11.4 Å². The lowest BCUT2D eigenvalue weighted by Crippen LogP contribution is -2.39. The number of carbonyl (C=O) groups is 4. The molecule has 0 saturated carbocycles. The van der Waals surface area contributed by atoms with Crippen LogP contribution in [0.4, 0.5) is 22.7 Å². The first-order valence-electron chi connectivity index (χ1n) is 22.3. The molecule has 8 N–H and O–H groups in total. The minimum Gasteiger partial charge on any atom is -0.508 e. The number of aliphatic hydroxyl groups is 2. The molecule has 0 saturated heterocycles. The first-order chi connectivity index (χ1) is 33.4. The van der Waals surface area contributed by atoms with Crippen molar-refractivity contribution in [1.29, 1.82) is 0 Å². The number of ketones is 4. The third-order valence-corrected chi connectivity index (χ3v) is 12.3. The summed E-state index contributed by atoms with van der Waals surface area (Å²) in [4.78, 5) is 60.7. The Balaban J connectivity index is 1.43. The lowest BCUT2D eigenvalue weighted by atomic mass is 9.65. The molecule has 0 bridgehead atoms. The first-order valence-corrected chi connectivity index (χ1v) is 22.3. The van der Waals surface area contributed by atoms with Crippen LogP contribution >= 0.6 is 0 Å². The summed E-state index contributed by atoms with van der Waals surface area (Å²) in [6.07, 6.45) is 2.46. The molecule has 4 aromatic rings. The zero-order valence-electron chi connectivity index (χ0n) is 38.8. The lowest BCUT2D eigenvalue weighted by Gasteiger charge is -2.38. The Morgan fingerprint density at radius 1 is 0.471 bits per heavy atom. The van der Waals surface area contributed by atoms with Crippen LogP contribution in [-0.2, 0) is 19.2 Å². The number of aromatic hydroxyl groups is 4. The number of rotatable bonds is 11. The van der Waals surface area contributed by atoms with Gasteiger partial charge in [0.15, 0.2) is 23.1 Å². The summed E-state index contributed by atoms with van der Waals surface area (Å²) in [5, 5.41) is 89.0. The summed E-state index contributed by atoms with van der Waals surface area (Å²) >= 11 is 0. The van der Waals surface area contributed by atoms with Gasteiger partial charge in [0.05, 0.1) is 22.5 Å². The molecule has 0 radical (unpaired) electrons. The second kappa shape index (κ2) is 19.0. The van der Waals surface area contributed by atoms with Gasteiger partial charge in [-0.3, -0.25) is 19.2 Å². The van der Waals surface area contributed by atoms with E-state index in [1.807, 2.05) is 0 Å². The molecule has 0 aromatic heterocycles. The molecular formula is C54H48N6O10. The minimum absolute atomic E-state index is 0.0942. The van der Waals surface area contributed by atoms with Gasteiger partial charge in [0.1, 0.15) is 35.1 Å². The van der Waals surface area contributed by atoms with Crippen LogP contribution in [0.2, 0.25) is 0 Å². The Morgan fingerprint density at radius 2 is 0.814 bits per heavy atom. The summed E-state index contributed by atoms with van der Waals surface area (Å²) in [5.41, 5.74) is 0.423. The topological polar surface area (TPSA) is 263 Å². The number of carbonyl (C=O) groups excluding carboxylic acids is 4. The summed E-state index contributed by atoms with van der Waals surface area (Å²) in [7, 11) is 0. The molecule has 4 aromatic carbocycles. The quantitative estimate of drug-likeness (QED) is 0.0516. The number of Topliss-reactive ketones (excluding diaryl/α,β-unsaturated/α-hetero) is 4. The number of nitrogens with zero attached hydrogens (tertiary/aromatic N) is 4. The van der Waals surface area contributed by atoms with E-state index < -0.39 is 58.6 Å². The maximum Gasteiger partial charge on any atom is 0.229 e. The van der Waals surface area contributed by atoms with Gasteiger partial charge >= 0.3 is 0 Å². The van der Waals surface area contributed by atoms with Gasteiger partial charge in [-0.2, -0.15) is 20.5 Å². The fraction of sp³-hybridized carbons (Fsp3) is 0.185.